The predicted octanol–water partition coefficient (Wildman–Crippen LogP) is 2.33. The van der Waals surface area contributed by atoms with Gasteiger partial charge in [-0.1, -0.05) is 36.4 Å². The molecule has 0 unspecified atom stereocenters. The summed E-state index contributed by atoms with van der Waals surface area (Å²) in [5, 5.41) is 26.0. The van der Waals surface area contributed by atoms with Crippen molar-refractivity contribution in [2.24, 2.45) is 0 Å². The van der Waals surface area contributed by atoms with Gasteiger partial charge in [0, 0.05) is 18.5 Å². The van der Waals surface area contributed by atoms with E-state index >= 15 is 0 Å². The number of hydrogen-bond donors (Lipinski definition) is 3. The number of aliphatic hydroxyl groups excluding tert-OH is 2. The summed E-state index contributed by atoms with van der Waals surface area (Å²) in [4.78, 5) is 0. The van der Waals surface area contributed by atoms with E-state index in [1.165, 1.54) is 21.9 Å². The molecule has 2 aliphatic rings. The van der Waals surface area contributed by atoms with Gasteiger partial charge in [-0.3, -0.25) is 0 Å². The molecule has 0 saturated heterocycles. The molecule has 4 heteroatoms. The number of halogens is 1. The lowest BCUT2D eigenvalue weighted by Gasteiger charge is -2.42. The number of aliphatic hydroxyl groups is 2. The maximum absolute atomic E-state index is 10.0. The van der Waals surface area contributed by atoms with Crippen LogP contribution in [-0.2, 0) is 6.54 Å². The maximum Gasteiger partial charge on any atom is 0.0814 e. The molecule has 3 nitrogen and oxygen atoms in total. The number of nitrogens with one attached hydrogen (secondary N) is 1. The molecule has 0 bridgehead atoms. The Morgan fingerprint density at radius 3 is 2.57 bits per heavy atom. The summed E-state index contributed by atoms with van der Waals surface area (Å²) >= 11 is 0. The van der Waals surface area contributed by atoms with Gasteiger partial charge in [-0.25, -0.2) is 0 Å². The quantitative estimate of drug-likeness (QED) is 0.700. The molecule has 0 amide bonds. The van der Waals surface area contributed by atoms with Crippen molar-refractivity contribution in [3.05, 3.63) is 47.5 Å². The van der Waals surface area contributed by atoms with Crippen LogP contribution >= 0.6 is 12.4 Å². The zero-order valence-electron chi connectivity index (χ0n) is 11.7. The Morgan fingerprint density at radius 1 is 0.952 bits per heavy atom. The number of benzene rings is 2. The molecule has 4 rings (SSSR count). The molecule has 2 aromatic rings. The molecule has 1 heterocycles. The van der Waals surface area contributed by atoms with Gasteiger partial charge in [-0.2, -0.15) is 0 Å². The molecule has 21 heavy (non-hydrogen) atoms. The lowest BCUT2D eigenvalue weighted by molar-refractivity contribution is -0.0271. The molecule has 1 saturated carbocycles. The Bertz CT molecular complexity index is 660. The fourth-order valence-corrected chi connectivity index (χ4v) is 3.88. The lowest BCUT2D eigenvalue weighted by atomic mass is 9.72. The number of rotatable bonds is 0. The smallest absolute Gasteiger partial charge is 0.0814 e. The lowest BCUT2D eigenvalue weighted by Crippen LogP contribution is -2.49. The zero-order chi connectivity index (χ0) is 13.7. The van der Waals surface area contributed by atoms with Crippen LogP contribution < -0.4 is 5.32 Å². The van der Waals surface area contributed by atoms with Crippen molar-refractivity contribution in [1.82, 2.24) is 5.32 Å². The molecule has 112 valence electrons. The highest BCUT2D eigenvalue weighted by Gasteiger charge is 2.39. The van der Waals surface area contributed by atoms with E-state index in [0.29, 0.717) is 18.8 Å². The molecule has 3 N–H and O–H groups in total. The summed E-state index contributed by atoms with van der Waals surface area (Å²) in [5.41, 5.74) is 2.70. The van der Waals surface area contributed by atoms with Crippen molar-refractivity contribution >= 4 is 23.2 Å². The van der Waals surface area contributed by atoms with Gasteiger partial charge in [0.25, 0.3) is 0 Å². The van der Waals surface area contributed by atoms with Crippen LogP contribution in [0, 0.1) is 0 Å². The summed E-state index contributed by atoms with van der Waals surface area (Å²) < 4.78 is 0. The first kappa shape index (κ1) is 14.8. The van der Waals surface area contributed by atoms with Gasteiger partial charge < -0.3 is 15.5 Å². The monoisotopic (exact) mass is 305 g/mol. The van der Waals surface area contributed by atoms with E-state index in [-0.39, 0.29) is 18.4 Å². The molecular weight excluding hydrogens is 286 g/mol. The van der Waals surface area contributed by atoms with Gasteiger partial charge in [-0.05, 0) is 34.7 Å². The van der Waals surface area contributed by atoms with Crippen LogP contribution in [0.15, 0.2) is 36.4 Å². The molecule has 0 spiro atoms. The summed E-state index contributed by atoms with van der Waals surface area (Å²) in [7, 11) is 0. The minimum Gasteiger partial charge on any atom is -0.390 e. The fourth-order valence-electron chi connectivity index (χ4n) is 3.88. The second kappa shape index (κ2) is 5.58. The minimum absolute atomic E-state index is 0. The highest BCUT2D eigenvalue weighted by molar-refractivity contribution is 5.87. The Hall–Kier alpha value is -1.13. The second-order valence-corrected chi connectivity index (χ2v) is 6.06. The average Bonchev–Trinajstić information content (AvgIpc) is 2.48. The van der Waals surface area contributed by atoms with E-state index in [9.17, 15) is 10.2 Å². The van der Waals surface area contributed by atoms with Crippen molar-refractivity contribution in [3.63, 3.8) is 0 Å². The molecule has 1 aliphatic heterocycles. The van der Waals surface area contributed by atoms with E-state index in [2.05, 4.69) is 41.7 Å². The molecule has 2 aromatic carbocycles. The molecule has 0 radical (unpaired) electrons. The maximum atomic E-state index is 10.0. The topological polar surface area (TPSA) is 52.5 Å². The van der Waals surface area contributed by atoms with Gasteiger partial charge in [0.05, 0.1) is 12.2 Å². The van der Waals surface area contributed by atoms with Gasteiger partial charge in [0.15, 0.2) is 0 Å². The van der Waals surface area contributed by atoms with E-state index < -0.39 is 12.2 Å². The molecule has 1 aliphatic carbocycles. The van der Waals surface area contributed by atoms with Crippen LogP contribution in [0.25, 0.3) is 10.8 Å². The highest BCUT2D eigenvalue weighted by Crippen LogP contribution is 2.41. The van der Waals surface area contributed by atoms with Crippen LogP contribution in [-0.4, -0.2) is 28.5 Å². The molecule has 0 aromatic heterocycles. The van der Waals surface area contributed by atoms with E-state index in [1.54, 1.807) is 0 Å². The fraction of sp³-hybridized carbons (Fsp3) is 0.412. The van der Waals surface area contributed by atoms with E-state index in [1.807, 2.05) is 0 Å². The summed E-state index contributed by atoms with van der Waals surface area (Å²) in [6, 6.07) is 13.1. The minimum atomic E-state index is -0.608. The van der Waals surface area contributed by atoms with Crippen molar-refractivity contribution in [2.45, 2.75) is 43.6 Å². The largest absolute Gasteiger partial charge is 0.390 e. The first-order chi connectivity index (χ1) is 9.74. The second-order valence-electron chi connectivity index (χ2n) is 6.06. The van der Waals surface area contributed by atoms with Crippen LogP contribution in [0.2, 0.25) is 0 Å². The Kier molecular flexibility index (Phi) is 3.93. The number of fused-ring (bicyclic) bond motifs is 5. The van der Waals surface area contributed by atoms with Crippen LogP contribution in [0.4, 0.5) is 0 Å². The Morgan fingerprint density at radius 2 is 1.71 bits per heavy atom. The normalized spacial score (nSPS) is 31.1. The predicted molar refractivity (Wildman–Crippen MR) is 85.8 cm³/mol. The average molecular weight is 306 g/mol. The summed E-state index contributed by atoms with van der Waals surface area (Å²) in [6.45, 7) is 0.851. The van der Waals surface area contributed by atoms with Crippen molar-refractivity contribution in [2.75, 3.05) is 0 Å². The summed E-state index contributed by atoms with van der Waals surface area (Å²) in [5.74, 6) is 0.295. The van der Waals surface area contributed by atoms with Crippen LogP contribution in [0.3, 0.4) is 0 Å². The third-order valence-electron chi connectivity index (χ3n) is 4.91. The molecule has 1 fully saturated rings. The van der Waals surface area contributed by atoms with Crippen molar-refractivity contribution in [3.8, 4) is 0 Å². The van der Waals surface area contributed by atoms with Gasteiger partial charge in [0.2, 0.25) is 0 Å². The van der Waals surface area contributed by atoms with E-state index in [0.717, 1.165) is 6.54 Å². The zero-order valence-corrected chi connectivity index (χ0v) is 12.5. The number of hydrogen-bond acceptors (Lipinski definition) is 3. The Labute approximate surface area is 130 Å². The molecule has 4 atom stereocenters. The highest BCUT2D eigenvalue weighted by atomic mass is 35.5. The van der Waals surface area contributed by atoms with Crippen LogP contribution in [0.1, 0.15) is 29.9 Å². The van der Waals surface area contributed by atoms with Crippen molar-refractivity contribution < 1.29 is 10.2 Å². The standard InChI is InChI=1S/C17H19NO2.ClH/c19-15-7-13-14(8-16(15)20)18-9-11-6-5-10-3-1-2-4-12(10)17(11)13;/h1-6,13-16,18-20H,7-9H2;1H/t13-,14+,15-,16+;/m1./s1. The van der Waals surface area contributed by atoms with Gasteiger partial charge in [-0.15, -0.1) is 12.4 Å². The van der Waals surface area contributed by atoms with Gasteiger partial charge >= 0.3 is 0 Å². The summed E-state index contributed by atoms with van der Waals surface area (Å²) in [6.07, 6.45) is 0.0668. The van der Waals surface area contributed by atoms with Gasteiger partial charge in [0.1, 0.15) is 0 Å². The van der Waals surface area contributed by atoms with E-state index in [4.69, 9.17) is 0 Å². The SMILES string of the molecule is Cl.O[C@@H]1C[C@H]2c3c(ccc4ccccc34)CN[C@H]2C[C@@H]1O. The van der Waals surface area contributed by atoms with Crippen molar-refractivity contribution in [1.29, 1.82) is 0 Å². The first-order valence-electron chi connectivity index (χ1n) is 7.34. The Balaban J connectivity index is 0.00000132. The van der Waals surface area contributed by atoms with Crippen LogP contribution in [0.5, 0.6) is 0 Å². The first-order valence-corrected chi connectivity index (χ1v) is 7.34. The third-order valence-corrected chi connectivity index (χ3v) is 4.91. The molecular formula is C17H20ClNO2. The third kappa shape index (κ3) is 2.34.